The van der Waals surface area contributed by atoms with Gasteiger partial charge >= 0.3 is 0 Å². The summed E-state index contributed by atoms with van der Waals surface area (Å²) in [5, 5.41) is 12.7. The highest BCUT2D eigenvalue weighted by molar-refractivity contribution is 4.90. The summed E-state index contributed by atoms with van der Waals surface area (Å²) in [6.45, 7) is 5.46. The van der Waals surface area contributed by atoms with Crippen molar-refractivity contribution in [3.8, 4) is 0 Å². The van der Waals surface area contributed by atoms with Gasteiger partial charge in [0.05, 0.1) is 24.9 Å². The molecule has 1 aliphatic rings. The first-order valence-corrected chi connectivity index (χ1v) is 5.54. The molecule has 6 nitrogen and oxygen atoms in total. The van der Waals surface area contributed by atoms with E-state index in [4.69, 9.17) is 15.0 Å². The van der Waals surface area contributed by atoms with E-state index in [-0.39, 0.29) is 18.8 Å². The Bertz CT molecular complexity index is 276. The van der Waals surface area contributed by atoms with Crippen LogP contribution in [0.5, 0.6) is 0 Å². The molecule has 0 spiro atoms. The highest BCUT2D eigenvalue weighted by atomic mass is 16.8. The summed E-state index contributed by atoms with van der Waals surface area (Å²) in [6.07, 6.45) is 1.29. The minimum absolute atomic E-state index is 0.123. The van der Waals surface area contributed by atoms with Crippen LogP contribution in [-0.4, -0.2) is 35.8 Å². The molecule has 1 fully saturated rings. The highest BCUT2D eigenvalue weighted by Gasteiger charge is 2.44. The minimum Gasteiger partial charge on any atom is -0.396 e. The summed E-state index contributed by atoms with van der Waals surface area (Å²) in [5.74, 6) is -0.678. The molecule has 0 aromatic rings. The lowest BCUT2D eigenvalue weighted by Gasteiger charge is -2.20. The van der Waals surface area contributed by atoms with Crippen molar-refractivity contribution in [2.75, 3.05) is 6.61 Å². The van der Waals surface area contributed by atoms with E-state index in [2.05, 4.69) is 10.0 Å². The van der Waals surface area contributed by atoms with Crippen molar-refractivity contribution in [2.24, 2.45) is 5.11 Å². The monoisotopic (exact) mass is 229 g/mol. The van der Waals surface area contributed by atoms with Crippen molar-refractivity contribution in [1.29, 1.82) is 0 Å². The van der Waals surface area contributed by atoms with Crippen molar-refractivity contribution in [3.63, 3.8) is 0 Å². The number of hydrogen-bond donors (Lipinski definition) is 1. The van der Waals surface area contributed by atoms with E-state index < -0.39 is 11.8 Å². The van der Waals surface area contributed by atoms with Gasteiger partial charge in [0.2, 0.25) is 0 Å². The van der Waals surface area contributed by atoms with Crippen LogP contribution in [0.25, 0.3) is 10.4 Å². The van der Waals surface area contributed by atoms with Crippen molar-refractivity contribution >= 4 is 0 Å². The second kappa shape index (κ2) is 5.50. The first-order valence-electron chi connectivity index (χ1n) is 5.54. The molecule has 0 bridgehead atoms. The van der Waals surface area contributed by atoms with Gasteiger partial charge < -0.3 is 14.6 Å². The summed E-state index contributed by atoms with van der Waals surface area (Å²) in [5.41, 5.74) is 8.43. The topological polar surface area (TPSA) is 87.5 Å². The average molecular weight is 229 g/mol. The number of rotatable bonds is 5. The van der Waals surface area contributed by atoms with Gasteiger partial charge in [0.1, 0.15) is 0 Å². The van der Waals surface area contributed by atoms with Crippen LogP contribution < -0.4 is 0 Å². The molecular weight excluding hydrogens is 210 g/mol. The van der Waals surface area contributed by atoms with Crippen molar-refractivity contribution < 1.29 is 14.6 Å². The molecule has 0 saturated carbocycles. The molecule has 0 aromatic heterocycles. The molecule has 1 rings (SSSR count). The molecule has 0 unspecified atom stereocenters. The van der Waals surface area contributed by atoms with Crippen LogP contribution in [0.15, 0.2) is 5.11 Å². The van der Waals surface area contributed by atoms with Gasteiger partial charge in [-0.2, -0.15) is 0 Å². The van der Waals surface area contributed by atoms with Crippen molar-refractivity contribution in [1.82, 2.24) is 0 Å². The van der Waals surface area contributed by atoms with E-state index in [1.54, 1.807) is 0 Å². The summed E-state index contributed by atoms with van der Waals surface area (Å²) in [7, 11) is 0. The second-order valence-corrected chi connectivity index (χ2v) is 4.38. The fraction of sp³-hybridized carbons (Fsp3) is 1.00. The second-order valence-electron chi connectivity index (χ2n) is 4.38. The predicted molar refractivity (Wildman–Crippen MR) is 58.8 cm³/mol. The van der Waals surface area contributed by atoms with Crippen LogP contribution in [0.4, 0.5) is 0 Å². The Labute approximate surface area is 95.2 Å². The van der Waals surface area contributed by atoms with E-state index in [1.807, 2.05) is 20.8 Å². The molecule has 0 radical (unpaired) electrons. The van der Waals surface area contributed by atoms with Gasteiger partial charge in [0, 0.05) is 4.91 Å². The van der Waals surface area contributed by atoms with Gasteiger partial charge in [0.15, 0.2) is 5.79 Å². The van der Waals surface area contributed by atoms with Crippen molar-refractivity contribution in [2.45, 2.75) is 57.6 Å². The summed E-state index contributed by atoms with van der Waals surface area (Å²) < 4.78 is 11.4. The first kappa shape index (κ1) is 13.3. The molecule has 92 valence electrons. The Morgan fingerprint density at radius 2 is 2.19 bits per heavy atom. The molecule has 1 N–H and O–H groups in total. The maximum absolute atomic E-state index is 9.17. The number of ether oxygens (including phenoxy) is 2. The van der Waals surface area contributed by atoms with E-state index in [9.17, 15) is 5.11 Å². The van der Waals surface area contributed by atoms with Crippen LogP contribution in [0, 0.1) is 0 Å². The van der Waals surface area contributed by atoms with Gasteiger partial charge in [-0.3, -0.25) is 0 Å². The van der Waals surface area contributed by atoms with E-state index in [0.717, 1.165) is 12.8 Å². The van der Waals surface area contributed by atoms with E-state index in [1.165, 1.54) is 0 Å². The quantitative estimate of drug-likeness (QED) is 0.444. The molecule has 0 aromatic carbocycles. The van der Waals surface area contributed by atoms with Gasteiger partial charge in [-0.15, -0.1) is 0 Å². The molecule has 1 heterocycles. The van der Waals surface area contributed by atoms with E-state index >= 15 is 0 Å². The summed E-state index contributed by atoms with van der Waals surface area (Å²) in [4.78, 5) is 2.72. The number of azide groups is 1. The number of aliphatic hydroxyl groups excluding tert-OH is 1. The molecule has 6 heteroatoms. The van der Waals surface area contributed by atoms with Gasteiger partial charge in [-0.1, -0.05) is 18.5 Å². The Morgan fingerprint density at radius 3 is 2.69 bits per heavy atom. The Kier molecular flexibility index (Phi) is 4.56. The lowest BCUT2D eigenvalue weighted by atomic mass is 10.0. The third-order valence-corrected chi connectivity index (χ3v) is 2.56. The maximum Gasteiger partial charge on any atom is 0.163 e. The Hall–Kier alpha value is -0.810. The molecule has 16 heavy (non-hydrogen) atoms. The van der Waals surface area contributed by atoms with E-state index in [0.29, 0.717) is 0 Å². The number of hydrogen-bond acceptors (Lipinski definition) is 4. The van der Waals surface area contributed by atoms with Crippen LogP contribution in [-0.2, 0) is 9.47 Å². The lowest BCUT2D eigenvalue weighted by molar-refractivity contribution is -0.148. The average Bonchev–Trinajstić information content (AvgIpc) is 2.51. The third-order valence-electron chi connectivity index (χ3n) is 2.56. The highest BCUT2D eigenvalue weighted by Crippen LogP contribution is 2.33. The molecule has 0 aliphatic carbocycles. The fourth-order valence-electron chi connectivity index (χ4n) is 1.97. The van der Waals surface area contributed by atoms with Crippen LogP contribution in [0.2, 0.25) is 0 Å². The number of nitrogens with zero attached hydrogens (tertiary/aromatic N) is 3. The van der Waals surface area contributed by atoms with Gasteiger partial charge in [0.25, 0.3) is 0 Å². The van der Waals surface area contributed by atoms with Crippen LogP contribution >= 0.6 is 0 Å². The minimum atomic E-state index is -0.678. The molecule has 1 aliphatic heterocycles. The third kappa shape index (κ3) is 3.09. The van der Waals surface area contributed by atoms with Crippen LogP contribution in [0.1, 0.15) is 33.6 Å². The van der Waals surface area contributed by atoms with Crippen molar-refractivity contribution in [3.05, 3.63) is 10.4 Å². The zero-order valence-electron chi connectivity index (χ0n) is 9.96. The zero-order valence-corrected chi connectivity index (χ0v) is 9.96. The normalized spacial score (nSPS) is 29.8. The summed E-state index contributed by atoms with van der Waals surface area (Å²) in [6, 6.07) is -0.580. The SMILES string of the molecule is CCC[C@H]1OC(C)(C)O[C@H]1[C@@H](CO)N=[N+]=[N-]. The first-order chi connectivity index (χ1) is 7.54. The fourth-order valence-corrected chi connectivity index (χ4v) is 1.97. The Morgan fingerprint density at radius 1 is 1.50 bits per heavy atom. The smallest absolute Gasteiger partial charge is 0.163 e. The van der Waals surface area contributed by atoms with Gasteiger partial charge in [-0.05, 0) is 25.8 Å². The van der Waals surface area contributed by atoms with Gasteiger partial charge in [-0.25, -0.2) is 0 Å². The molecule has 3 atom stereocenters. The molecule has 0 amide bonds. The standard InChI is InChI=1S/C10H19N3O3/c1-4-5-8-9(7(6-14)12-13-11)16-10(2,3)15-8/h7-9,14H,4-6H2,1-3H3/t7-,8-,9+/m1/s1. The lowest BCUT2D eigenvalue weighted by Crippen LogP contribution is -2.36. The predicted octanol–water partition coefficient (Wildman–Crippen LogP) is 1.98. The van der Waals surface area contributed by atoms with Crippen LogP contribution in [0.3, 0.4) is 0 Å². The largest absolute Gasteiger partial charge is 0.396 e. The molecular formula is C10H19N3O3. The molecule has 1 saturated heterocycles. The number of aliphatic hydroxyl groups is 1. The maximum atomic E-state index is 9.17. The summed E-state index contributed by atoms with van der Waals surface area (Å²) >= 11 is 0. The zero-order chi connectivity index (χ0) is 12.2. The Balaban J connectivity index is 2.78.